The maximum atomic E-state index is 8.00. The SMILES string of the molecule is N=c1ccccc(-c2nc(NCCc3ccncc3)nc(N3CCOCC3)n2)c1. The fraction of sp³-hybridized carbons (Fsp3) is 0.286. The summed E-state index contributed by atoms with van der Waals surface area (Å²) in [4.78, 5) is 20.1. The topological polar surface area (TPSA) is 99.9 Å². The fourth-order valence-electron chi connectivity index (χ4n) is 3.07. The van der Waals surface area contributed by atoms with E-state index in [0.29, 0.717) is 42.8 Å². The monoisotopic (exact) mass is 389 g/mol. The summed E-state index contributed by atoms with van der Waals surface area (Å²) in [5.41, 5.74) is 1.98. The average molecular weight is 389 g/mol. The van der Waals surface area contributed by atoms with Gasteiger partial charge in [-0.2, -0.15) is 15.0 Å². The van der Waals surface area contributed by atoms with E-state index >= 15 is 0 Å². The highest BCUT2D eigenvalue weighted by atomic mass is 16.5. The van der Waals surface area contributed by atoms with E-state index in [1.165, 1.54) is 5.56 Å². The van der Waals surface area contributed by atoms with E-state index < -0.39 is 0 Å². The second-order valence-corrected chi connectivity index (χ2v) is 6.69. The van der Waals surface area contributed by atoms with Crippen molar-refractivity contribution in [1.29, 1.82) is 5.41 Å². The van der Waals surface area contributed by atoms with Gasteiger partial charge in [0, 0.05) is 37.6 Å². The lowest BCUT2D eigenvalue weighted by molar-refractivity contribution is 0.122. The summed E-state index contributed by atoms with van der Waals surface area (Å²) in [6.07, 6.45) is 4.43. The summed E-state index contributed by atoms with van der Waals surface area (Å²) in [7, 11) is 0. The molecule has 8 heteroatoms. The third-order valence-electron chi connectivity index (χ3n) is 4.60. The number of aromatic nitrogens is 4. The molecule has 0 atom stereocenters. The van der Waals surface area contributed by atoms with Gasteiger partial charge in [0.25, 0.3) is 0 Å². The third kappa shape index (κ3) is 5.11. The first-order chi connectivity index (χ1) is 14.3. The van der Waals surface area contributed by atoms with Gasteiger partial charge in [-0.25, -0.2) is 0 Å². The number of hydrogen-bond donors (Lipinski definition) is 2. The summed E-state index contributed by atoms with van der Waals surface area (Å²) in [6.45, 7) is 3.49. The zero-order chi connectivity index (χ0) is 19.9. The number of ether oxygens (including phenoxy) is 1. The molecule has 2 aromatic heterocycles. The maximum Gasteiger partial charge on any atom is 0.230 e. The molecular formula is C21H23N7O. The first-order valence-corrected chi connectivity index (χ1v) is 9.65. The third-order valence-corrected chi connectivity index (χ3v) is 4.60. The van der Waals surface area contributed by atoms with Gasteiger partial charge in [-0.15, -0.1) is 0 Å². The second-order valence-electron chi connectivity index (χ2n) is 6.69. The number of pyridine rings is 1. The van der Waals surface area contributed by atoms with E-state index in [1.54, 1.807) is 24.5 Å². The van der Waals surface area contributed by atoms with E-state index in [1.807, 2.05) is 30.3 Å². The molecule has 1 aliphatic heterocycles. The van der Waals surface area contributed by atoms with Crippen molar-refractivity contribution in [2.45, 2.75) is 6.42 Å². The molecule has 0 unspecified atom stereocenters. The lowest BCUT2D eigenvalue weighted by Gasteiger charge is -2.27. The van der Waals surface area contributed by atoms with E-state index in [2.05, 4.69) is 30.2 Å². The number of hydrogen-bond acceptors (Lipinski definition) is 8. The number of nitrogens with zero attached hydrogens (tertiary/aromatic N) is 5. The number of morpholine rings is 1. The molecule has 1 fully saturated rings. The second kappa shape index (κ2) is 9.20. The summed E-state index contributed by atoms with van der Waals surface area (Å²) in [6, 6.07) is 13.1. The van der Waals surface area contributed by atoms with Gasteiger partial charge in [0.15, 0.2) is 5.82 Å². The van der Waals surface area contributed by atoms with Crippen LogP contribution in [-0.2, 0) is 11.2 Å². The molecule has 0 aliphatic carbocycles. The molecule has 29 heavy (non-hydrogen) atoms. The van der Waals surface area contributed by atoms with Crippen LogP contribution in [0.3, 0.4) is 0 Å². The van der Waals surface area contributed by atoms with Crippen molar-refractivity contribution in [1.82, 2.24) is 19.9 Å². The summed E-state index contributed by atoms with van der Waals surface area (Å²) in [5.74, 6) is 1.71. The molecule has 0 amide bonds. The van der Waals surface area contributed by atoms with E-state index in [0.717, 1.165) is 25.1 Å². The highest BCUT2D eigenvalue weighted by Crippen LogP contribution is 2.19. The molecule has 3 heterocycles. The Hall–Kier alpha value is -3.39. The first-order valence-electron chi connectivity index (χ1n) is 9.65. The van der Waals surface area contributed by atoms with Crippen LogP contribution >= 0.6 is 0 Å². The van der Waals surface area contributed by atoms with Gasteiger partial charge in [-0.05, 0) is 36.2 Å². The zero-order valence-electron chi connectivity index (χ0n) is 16.1. The van der Waals surface area contributed by atoms with Crippen LogP contribution < -0.4 is 15.6 Å². The molecule has 0 bridgehead atoms. The Labute approximate surface area is 169 Å². The standard InChI is InChI=1S/C21H23N7O/c22-18-4-2-1-3-17(15-18)19-25-20(24-10-7-16-5-8-23-9-6-16)27-21(26-19)28-11-13-29-14-12-28/h1-6,8-9,15,22H,7,10-14H2,(H,24,25,26,27). The highest BCUT2D eigenvalue weighted by Gasteiger charge is 2.17. The molecular weight excluding hydrogens is 366 g/mol. The lowest BCUT2D eigenvalue weighted by atomic mass is 10.2. The fourth-order valence-corrected chi connectivity index (χ4v) is 3.07. The summed E-state index contributed by atoms with van der Waals surface area (Å²) in [5, 5.41) is 11.7. The number of anilines is 2. The highest BCUT2D eigenvalue weighted by molar-refractivity contribution is 5.57. The van der Waals surface area contributed by atoms with Gasteiger partial charge >= 0.3 is 0 Å². The molecule has 0 spiro atoms. The zero-order valence-corrected chi connectivity index (χ0v) is 16.1. The smallest absolute Gasteiger partial charge is 0.230 e. The van der Waals surface area contributed by atoms with Crippen molar-refractivity contribution >= 4 is 11.9 Å². The minimum Gasteiger partial charge on any atom is -0.378 e. The van der Waals surface area contributed by atoms with Crippen LogP contribution in [-0.4, -0.2) is 52.8 Å². The molecule has 1 aliphatic rings. The predicted molar refractivity (Wildman–Crippen MR) is 111 cm³/mol. The van der Waals surface area contributed by atoms with Gasteiger partial charge in [-0.3, -0.25) is 4.98 Å². The summed E-state index contributed by atoms with van der Waals surface area (Å²) >= 11 is 0. The van der Waals surface area contributed by atoms with Crippen LogP contribution in [0.4, 0.5) is 11.9 Å². The number of rotatable bonds is 6. The minimum atomic E-state index is 0.408. The van der Waals surface area contributed by atoms with Crippen molar-refractivity contribution in [3.05, 3.63) is 65.8 Å². The van der Waals surface area contributed by atoms with Gasteiger partial charge in [0.2, 0.25) is 11.9 Å². The normalized spacial score (nSPS) is 13.9. The minimum absolute atomic E-state index is 0.408. The van der Waals surface area contributed by atoms with Gasteiger partial charge in [0.05, 0.1) is 18.6 Å². The van der Waals surface area contributed by atoms with Gasteiger partial charge < -0.3 is 20.4 Å². The molecule has 4 rings (SSSR count). The molecule has 0 radical (unpaired) electrons. The van der Waals surface area contributed by atoms with Crippen molar-refractivity contribution in [2.24, 2.45) is 0 Å². The molecule has 2 N–H and O–H groups in total. The predicted octanol–water partition coefficient (Wildman–Crippen LogP) is 1.90. The van der Waals surface area contributed by atoms with Crippen LogP contribution in [0.1, 0.15) is 5.56 Å². The van der Waals surface area contributed by atoms with E-state index in [9.17, 15) is 0 Å². The largest absolute Gasteiger partial charge is 0.378 e. The van der Waals surface area contributed by atoms with E-state index in [4.69, 9.17) is 10.1 Å². The van der Waals surface area contributed by atoms with Crippen LogP contribution in [0.25, 0.3) is 11.4 Å². The Morgan fingerprint density at radius 1 is 1.00 bits per heavy atom. The Kier molecular flexibility index (Phi) is 6.01. The Bertz CT molecular complexity index is 1010. The van der Waals surface area contributed by atoms with Crippen LogP contribution in [0.5, 0.6) is 0 Å². The molecule has 1 saturated heterocycles. The van der Waals surface area contributed by atoms with Crippen molar-refractivity contribution in [3.8, 4) is 11.4 Å². The quantitative estimate of drug-likeness (QED) is 0.664. The molecule has 0 saturated carbocycles. The van der Waals surface area contributed by atoms with Crippen molar-refractivity contribution in [2.75, 3.05) is 43.1 Å². The molecule has 3 aromatic rings. The van der Waals surface area contributed by atoms with Crippen molar-refractivity contribution < 1.29 is 4.74 Å². The summed E-state index contributed by atoms with van der Waals surface area (Å²) < 4.78 is 5.45. The first kappa shape index (κ1) is 18.9. The maximum absolute atomic E-state index is 8.00. The van der Waals surface area contributed by atoms with Crippen LogP contribution in [0.15, 0.2) is 54.9 Å². The lowest BCUT2D eigenvalue weighted by Crippen LogP contribution is -2.37. The van der Waals surface area contributed by atoms with Gasteiger partial charge in [-0.1, -0.05) is 18.2 Å². The Morgan fingerprint density at radius 2 is 1.79 bits per heavy atom. The van der Waals surface area contributed by atoms with E-state index in [-0.39, 0.29) is 0 Å². The number of nitrogens with one attached hydrogen (secondary N) is 2. The van der Waals surface area contributed by atoms with Crippen molar-refractivity contribution in [3.63, 3.8) is 0 Å². The molecule has 148 valence electrons. The molecule has 1 aromatic carbocycles. The van der Waals surface area contributed by atoms with Crippen LogP contribution in [0.2, 0.25) is 0 Å². The van der Waals surface area contributed by atoms with Crippen LogP contribution in [0, 0.1) is 5.41 Å². The molecule has 8 nitrogen and oxygen atoms in total. The Balaban J connectivity index is 1.61. The Morgan fingerprint density at radius 3 is 2.62 bits per heavy atom. The van der Waals surface area contributed by atoms with Gasteiger partial charge in [0.1, 0.15) is 0 Å². The average Bonchev–Trinajstić information content (AvgIpc) is 2.99.